The number of fused-ring (bicyclic) bond motifs is 1. The Morgan fingerprint density at radius 3 is 2.69 bits per heavy atom. The zero-order chi connectivity index (χ0) is 20.4. The van der Waals surface area contributed by atoms with Crippen LogP contribution in [0.1, 0.15) is 18.5 Å². The molecule has 8 nitrogen and oxygen atoms in total. The summed E-state index contributed by atoms with van der Waals surface area (Å²) in [7, 11) is -2.23. The molecule has 29 heavy (non-hydrogen) atoms. The highest BCUT2D eigenvalue weighted by Crippen LogP contribution is 2.29. The van der Waals surface area contributed by atoms with E-state index in [0.717, 1.165) is 17.5 Å². The number of aromatic nitrogens is 3. The normalized spacial score (nSPS) is 17.9. The van der Waals surface area contributed by atoms with Crippen LogP contribution >= 0.6 is 0 Å². The van der Waals surface area contributed by atoms with Gasteiger partial charge in [-0.2, -0.15) is 4.31 Å². The molecule has 1 fully saturated rings. The molecule has 3 heterocycles. The molecule has 1 unspecified atom stereocenters. The lowest BCUT2D eigenvalue weighted by Crippen LogP contribution is -2.44. The highest BCUT2D eigenvalue weighted by molar-refractivity contribution is 7.89. The highest BCUT2D eigenvalue weighted by atomic mass is 32.2. The van der Waals surface area contributed by atoms with Crippen molar-refractivity contribution in [3.05, 3.63) is 48.4 Å². The second kappa shape index (κ2) is 7.92. The van der Waals surface area contributed by atoms with E-state index in [-0.39, 0.29) is 29.3 Å². The quantitative estimate of drug-likeness (QED) is 0.633. The van der Waals surface area contributed by atoms with E-state index in [4.69, 9.17) is 9.47 Å². The number of para-hydroxylation sites is 1. The van der Waals surface area contributed by atoms with E-state index in [0.29, 0.717) is 18.5 Å². The number of piperidine rings is 1. The van der Waals surface area contributed by atoms with Gasteiger partial charge in [0.15, 0.2) is 0 Å². The Bertz CT molecular complexity index is 1140. The summed E-state index contributed by atoms with van der Waals surface area (Å²) in [5.41, 5.74) is 1.26. The summed E-state index contributed by atoms with van der Waals surface area (Å²) in [6.45, 7) is 2.51. The average molecular weight is 414 g/mol. The summed E-state index contributed by atoms with van der Waals surface area (Å²) in [5, 5.41) is 0.797. The smallest absolute Gasteiger partial charge is 0.278 e. The molecule has 1 aromatic carbocycles. The third-order valence-corrected chi connectivity index (χ3v) is 6.78. The third-order valence-electron chi connectivity index (χ3n) is 4.89. The van der Waals surface area contributed by atoms with Crippen LogP contribution in [0.5, 0.6) is 11.8 Å². The van der Waals surface area contributed by atoms with Crippen molar-refractivity contribution in [1.82, 2.24) is 19.3 Å². The van der Waals surface area contributed by atoms with Gasteiger partial charge >= 0.3 is 0 Å². The van der Waals surface area contributed by atoms with Gasteiger partial charge in [0.05, 0.1) is 19.2 Å². The molecule has 4 rings (SSSR count). The molecule has 0 N–H and O–H groups in total. The van der Waals surface area contributed by atoms with Crippen molar-refractivity contribution in [2.75, 3.05) is 20.2 Å². The summed E-state index contributed by atoms with van der Waals surface area (Å²) in [5.74, 6) is 0.544. The Morgan fingerprint density at radius 1 is 1.10 bits per heavy atom. The van der Waals surface area contributed by atoms with Crippen LogP contribution < -0.4 is 9.47 Å². The monoisotopic (exact) mass is 414 g/mol. The van der Waals surface area contributed by atoms with E-state index in [1.165, 1.54) is 23.8 Å². The highest BCUT2D eigenvalue weighted by Gasteiger charge is 2.33. The zero-order valence-electron chi connectivity index (χ0n) is 16.3. The molecule has 1 aliphatic heterocycles. The fourth-order valence-electron chi connectivity index (χ4n) is 3.48. The van der Waals surface area contributed by atoms with Gasteiger partial charge in [-0.1, -0.05) is 18.2 Å². The molecule has 1 atom stereocenters. The van der Waals surface area contributed by atoms with Crippen molar-refractivity contribution < 1.29 is 17.9 Å². The van der Waals surface area contributed by atoms with Crippen molar-refractivity contribution in [1.29, 1.82) is 0 Å². The SMILES string of the molecule is COc1nccnc1OC1CCCN(S(=O)(=O)c2cccc3ccc(C)nc23)C1. The maximum atomic E-state index is 13.4. The van der Waals surface area contributed by atoms with Crippen molar-refractivity contribution in [2.24, 2.45) is 0 Å². The lowest BCUT2D eigenvalue weighted by molar-refractivity contribution is 0.119. The summed E-state index contributed by atoms with van der Waals surface area (Å²) in [6.07, 6.45) is 4.09. The standard InChI is InChI=1S/C20H22N4O4S/c1-14-8-9-15-5-3-7-17(18(15)23-14)29(25,26)24-12-4-6-16(13-24)28-20-19(27-2)21-10-11-22-20/h3,5,7-11,16H,4,6,12-13H2,1-2H3. The van der Waals surface area contributed by atoms with Crippen molar-refractivity contribution >= 4 is 20.9 Å². The lowest BCUT2D eigenvalue weighted by atomic mass is 10.1. The molecule has 1 aliphatic rings. The van der Waals surface area contributed by atoms with Gasteiger partial charge in [0, 0.05) is 30.0 Å². The van der Waals surface area contributed by atoms with Crippen LogP contribution in [0.4, 0.5) is 0 Å². The predicted octanol–water partition coefficient (Wildman–Crippen LogP) is 2.57. The molecule has 9 heteroatoms. The summed E-state index contributed by atoms with van der Waals surface area (Å²) < 4.78 is 39.4. The van der Waals surface area contributed by atoms with Crippen LogP contribution in [0, 0.1) is 6.92 Å². The summed E-state index contributed by atoms with van der Waals surface area (Å²) >= 11 is 0. The van der Waals surface area contributed by atoms with E-state index in [9.17, 15) is 8.42 Å². The Morgan fingerprint density at radius 2 is 1.90 bits per heavy atom. The van der Waals surface area contributed by atoms with Gasteiger partial charge in [-0.3, -0.25) is 4.98 Å². The molecule has 0 spiro atoms. The predicted molar refractivity (Wildman–Crippen MR) is 107 cm³/mol. The number of ether oxygens (including phenoxy) is 2. The van der Waals surface area contributed by atoms with Crippen molar-refractivity contribution in [3.63, 3.8) is 0 Å². The first-order chi connectivity index (χ1) is 14.0. The zero-order valence-corrected chi connectivity index (χ0v) is 17.1. The maximum Gasteiger partial charge on any atom is 0.278 e. The fourth-order valence-corrected chi connectivity index (χ4v) is 5.14. The molecular formula is C20H22N4O4S. The lowest BCUT2D eigenvalue weighted by Gasteiger charge is -2.32. The minimum atomic E-state index is -3.72. The Labute approximate surface area is 169 Å². The Hall–Kier alpha value is -2.78. The van der Waals surface area contributed by atoms with Crippen LogP contribution in [0.25, 0.3) is 10.9 Å². The van der Waals surface area contributed by atoms with Gasteiger partial charge < -0.3 is 9.47 Å². The number of pyridine rings is 1. The van der Waals surface area contributed by atoms with Crippen molar-refractivity contribution in [3.8, 4) is 11.8 Å². The molecule has 152 valence electrons. The average Bonchev–Trinajstić information content (AvgIpc) is 2.74. The van der Waals surface area contributed by atoms with Crippen LogP contribution in [0.15, 0.2) is 47.6 Å². The second-order valence-electron chi connectivity index (χ2n) is 6.90. The molecule has 1 saturated heterocycles. The van der Waals surface area contributed by atoms with Gasteiger partial charge in [-0.05, 0) is 31.9 Å². The van der Waals surface area contributed by atoms with E-state index < -0.39 is 10.0 Å². The van der Waals surface area contributed by atoms with Gasteiger partial charge in [-0.15, -0.1) is 0 Å². The van der Waals surface area contributed by atoms with Crippen LogP contribution in [-0.2, 0) is 10.0 Å². The molecule has 3 aromatic rings. The van der Waals surface area contributed by atoms with Crippen LogP contribution in [0.3, 0.4) is 0 Å². The van der Waals surface area contributed by atoms with E-state index >= 15 is 0 Å². The van der Waals surface area contributed by atoms with Gasteiger partial charge in [0.25, 0.3) is 11.8 Å². The molecular weight excluding hydrogens is 392 g/mol. The summed E-state index contributed by atoms with van der Waals surface area (Å²) in [6, 6.07) is 8.98. The van der Waals surface area contributed by atoms with Crippen LogP contribution in [-0.4, -0.2) is 54.0 Å². The van der Waals surface area contributed by atoms with E-state index in [1.807, 2.05) is 25.1 Å². The summed E-state index contributed by atoms with van der Waals surface area (Å²) in [4.78, 5) is 12.9. The number of sulfonamides is 1. The van der Waals surface area contributed by atoms with E-state index in [1.54, 1.807) is 12.1 Å². The number of nitrogens with zero attached hydrogens (tertiary/aromatic N) is 4. The largest absolute Gasteiger partial charge is 0.477 e. The molecule has 0 saturated carbocycles. The topological polar surface area (TPSA) is 94.5 Å². The minimum absolute atomic E-state index is 0.219. The first-order valence-corrected chi connectivity index (χ1v) is 10.8. The van der Waals surface area contributed by atoms with Gasteiger partial charge in [-0.25, -0.2) is 18.4 Å². The van der Waals surface area contributed by atoms with Crippen LogP contribution in [0.2, 0.25) is 0 Å². The molecule has 0 aliphatic carbocycles. The minimum Gasteiger partial charge on any atom is -0.477 e. The maximum absolute atomic E-state index is 13.4. The number of aryl methyl sites for hydroxylation is 1. The molecule has 0 amide bonds. The van der Waals surface area contributed by atoms with E-state index in [2.05, 4.69) is 15.0 Å². The number of benzene rings is 1. The second-order valence-corrected chi connectivity index (χ2v) is 8.80. The molecule has 0 bridgehead atoms. The van der Waals surface area contributed by atoms with Gasteiger partial charge in [0.2, 0.25) is 10.0 Å². The molecule has 2 aromatic heterocycles. The van der Waals surface area contributed by atoms with Crippen molar-refractivity contribution in [2.45, 2.75) is 30.8 Å². The number of rotatable bonds is 5. The number of hydrogen-bond acceptors (Lipinski definition) is 7. The Kier molecular flexibility index (Phi) is 5.33. The first-order valence-electron chi connectivity index (χ1n) is 9.37. The molecule has 0 radical (unpaired) electrons. The fraction of sp³-hybridized carbons (Fsp3) is 0.350. The number of methoxy groups -OCH3 is 1. The van der Waals surface area contributed by atoms with Gasteiger partial charge in [0.1, 0.15) is 11.0 Å². The first kappa shape index (κ1) is 19.5. The Balaban J connectivity index is 1.62. The third kappa shape index (κ3) is 3.88. The number of hydrogen-bond donors (Lipinski definition) is 0.